The van der Waals surface area contributed by atoms with Crippen LogP contribution in [0.3, 0.4) is 0 Å². The smallest absolute Gasteiger partial charge is 0.162 e. The van der Waals surface area contributed by atoms with Gasteiger partial charge in [0.25, 0.3) is 0 Å². The minimum absolute atomic E-state index is 0.617. The lowest BCUT2D eigenvalue weighted by Crippen LogP contribution is -2.17. The largest absolute Gasteiger partial charge is 0.196 e. The molecular formula is C9H13N3. The Morgan fingerprint density at radius 3 is 1.83 bits per heavy atom. The Kier molecular flexibility index (Phi) is 2.99. The highest BCUT2D eigenvalue weighted by molar-refractivity contribution is 5.08. The van der Waals surface area contributed by atoms with Crippen molar-refractivity contribution in [2.45, 2.75) is 38.8 Å². The molecule has 0 fully saturated rings. The molecule has 0 N–H and O–H groups in total. The van der Waals surface area contributed by atoms with Gasteiger partial charge in [-0.15, -0.1) is 6.42 Å². The van der Waals surface area contributed by atoms with Crippen LogP contribution in [-0.2, 0) is 0 Å². The van der Waals surface area contributed by atoms with Gasteiger partial charge in [-0.1, -0.05) is 5.92 Å². The molecule has 12 heavy (non-hydrogen) atoms. The first-order chi connectivity index (χ1) is 5.33. The lowest BCUT2D eigenvalue weighted by molar-refractivity contribution is 0.545. The maximum Gasteiger partial charge on any atom is 0.162 e. The van der Waals surface area contributed by atoms with Crippen LogP contribution in [-0.4, -0.2) is 11.1 Å². The molecule has 0 rings (SSSR count). The normalized spacial score (nSPS) is 12.5. The molecule has 0 bridgehead atoms. The van der Waals surface area contributed by atoms with Gasteiger partial charge in [0.2, 0.25) is 0 Å². The van der Waals surface area contributed by atoms with E-state index in [1.807, 2.05) is 6.07 Å². The quantitative estimate of drug-likeness (QED) is 0.454. The highest BCUT2D eigenvalue weighted by atomic mass is 15.2. The third-order valence-corrected chi connectivity index (χ3v) is 1.18. The minimum Gasteiger partial charge on any atom is -0.196 e. The minimum atomic E-state index is -0.784. The van der Waals surface area contributed by atoms with Gasteiger partial charge in [0, 0.05) is 0 Å². The van der Waals surface area contributed by atoms with E-state index < -0.39 is 11.1 Å². The van der Waals surface area contributed by atoms with Gasteiger partial charge in [0.05, 0.1) is 6.07 Å². The fourth-order valence-corrected chi connectivity index (χ4v) is 0.301. The van der Waals surface area contributed by atoms with Crippen molar-refractivity contribution in [2.24, 2.45) is 10.2 Å². The van der Waals surface area contributed by atoms with Gasteiger partial charge < -0.3 is 0 Å². The Morgan fingerprint density at radius 1 is 1.08 bits per heavy atom. The van der Waals surface area contributed by atoms with E-state index in [1.54, 1.807) is 27.7 Å². The number of azo groups is 1. The highest BCUT2D eigenvalue weighted by Gasteiger charge is 2.18. The molecule has 0 saturated carbocycles. The van der Waals surface area contributed by atoms with E-state index in [1.165, 1.54) is 0 Å². The lowest BCUT2D eigenvalue weighted by atomic mass is 10.1. The Balaban J connectivity index is 4.50. The summed E-state index contributed by atoms with van der Waals surface area (Å²) in [6, 6.07) is 2.01. The first-order valence-corrected chi connectivity index (χ1v) is 3.66. The molecule has 0 heterocycles. The molecule has 0 aromatic carbocycles. The van der Waals surface area contributed by atoms with Crippen LogP contribution in [0.1, 0.15) is 27.7 Å². The SMILES string of the molecule is C#CC(C)(C)/N=N/C(C)(C)C#N. The Hall–Kier alpha value is -1.35. The van der Waals surface area contributed by atoms with E-state index in [-0.39, 0.29) is 0 Å². The fourth-order valence-electron chi connectivity index (χ4n) is 0.301. The van der Waals surface area contributed by atoms with Gasteiger partial charge in [-0.3, -0.25) is 0 Å². The maximum atomic E-state index is 8.61. The summed E-state index contributed by atoms with van der Waals surface area (Å²) in [5, 5.41) is 16.3. The van der Waals surface area contributed by atoms with Crippen molar-refractivity contribution in [3.8, 4) is 18.4 Å². The standard InChI is InChI=1S/C9H13N3/c1-6-8(2,3)11-12-9(4,5)7-10/h1H,2-5H3/b12-11+. The zero-order chi connectivity index (χ0) is 9.83. The molecule has 0 unspecified atom stereocenters. The van der Waals surface area contributed by atoms with Crippen molar-refractivity contribution in [3.05, 3.63) is 0 Å². The van der Waals surface area contributed by atoms with E-state index in [2.05, 4.69) is 16.1 Å². The number of rotatable bonds is 2. The monoisotopic (exact) mass is 163 g/mol. The molecule has 0 amide bonds. The van der Waals surface area contributed by atoms with Crippen LogP contribution in [0, 0.1) is 23.7 Å². The second-order valence-electron chi connectivity index (χ2n) is 3.57. The van der Waals surface area contributed by atoms with Crippen molar-refractivity contribution >= 4 is 0 Å². The Morgan fingerprint density at radius 2 is 1.50 bits per heavy atom. The summed E-state index contributed by atoms with van der Waals surface area (Å²) in [7, 11) is 0. The van der Waals surface area contributed by atoms with E-state index in [0.717, 1.165) is 0 Å². The summed E-state index contributed by atoms with van der Waals surface area (Å²) in [6.45, 7) is 6.90. The number of terminal acetylenes is 1. The molecule has 0 aromatic rings. The third-order valence-electron chi connectivity index (χ3n) is 1.18. The molecular weight excluding hydrogens is 150 g/mol. The number of hydrogen-bond acceptors (Lipinski definition) is 3. The van der Waals surface area contributed by atoms with Crippen molar-refractivity contribution in [2.75, 3.05) is 0 Å². The van der Waals surface area contributed by atoms with Crippen LogP contribution in [0.4, 0.5) is 0 Å². The zero-order valence-corrected chi connectivity index (χ0v) is 7.92. The van der Waals surface area contributed by atoms with Crippen LogP contribution in [0.2, 0.25) is 0 Å². The van der Waals surface area contributed by atoms with Crippen molar-refractivity contribution in [1.29, 1.82) is 5.26 Å². The molecule has 0 radical (unpaired) electrons. The first kappa shape index (κ1) is 10.7. The van der Waals surface area contributed by atoms with Crippen LogP contribution in [0.5, 0.6) is 0 Å². The van der Waals surface area contributed by atoms with Crippen molar-refractivity contribution < 1.29 is 0 Å². The first-order valence-electron chi connectivity index (χ1n) is 3.66. The average molecular weight is 163 g/mol. The Bertz CT molecular complexity index is 232. The highest BCUT2D eigenvalue weighted by Crippen LogP contribution is 2.13. The topological polar surface area (TPSA) is 48.5 Å². The zero-order valence-electron chi connectivity index (χ0n) is 7.92. The summed E-state index contributed by atoms with van der Waals surface area (Å²) in [4.78, 5) is 0. The number of nitrogens with zero attached hydrogens (tertiary/aromatic N) is 3. The summed E-state index contributed by atoms with van der Waals surface area (Å²) in [6.07, 6.45) is 5.19. The molecule has 0 aliphatic heterocycles. The molecule has 0 aliphatic rings. The molecule has 0 aromatic heterocycles. The third kappa shape index (κ3) is 3.73. The summed E-state index contributed by atoms with van der Waals surface area (Å²) < 4.78 is 0. The van der Waals surface area contributed by atoms with Gasteiger partial charge in [-0.05, 0) is 27.7 Å². The van der Waals surface area contributed by atoms with E-state index in [4.69, 9.17) is 11.7 Å². The Labute approximate surface area is 73.5 Å². The maximum absolute atomic E-state index is 8.61. The van der Waals surface area contributed by atoms with Crippen LogP contribution < -0.4 is 0 Å². The molecule has 0 aliphatic carbocycles. The summed E-state index contributed by atoms with van der Waals surface area (Å²) >= 11 is 0. The molecule has 0 saturated heterocycles. The van der Waals surface area contributed by atoms with Gasteiger partial charge >= 0.3 is 0 Å². The van der Waals surface area contributed by atoms with Crippen LogP contribution in [0.15, 0.2) is 10.2 Å². The van der Waals surface area contributed by atoms with Crippen molar-refractivity contribution in [1.82, 2.24) is 0 Å². The predicted molar refractivity (Wildman–Crippen MR) is 47.5 cm³/mol. The van der Waals surface area contributed by atoms with Crippen molar-refractivity contribution in [3.63, 3.8) is 0 Å². The molecule has 3 nitrogen and oxygen atoms in total. The number of hydrogen-bond donors (Lipinski definition) is 0. The lowest BCUT2D eigenvalue weighted by Gasteiger charge is -2.12. The predicted octanol–water partition coefficient (Wildman–Crippen LogP) is 2.15. The van der Waals surface area contributed by atoms with E-state index in [9.17, 15) is 0 Å². The van der Waals surface area contributed by atoms with Crippen LogP contribution in [0.25, 0.3) is 0 Å². The van der Waals surface area contributed by atoms with E-state index >= 15 is 0 Å². The van der Waals surface area contributed by atoms with E-state index in [0.29, 0.717) is 0 Å². The molecule has 0 spiro atoms. The summed E-state index contributed by atoms with van der Waals surface area (Å²) in [5.41, 5.74) is -1.40. The average Bonchev–Trinajstić information content (AvgIpc) is 2.02. The van der Waals surface area contributed by atoms with Gasteiger partial charge in [-0.25, -0.2) is 0 Å². The summed E-state index contributed by atoms with van der Waals surface area (Å²) in [5.74, 6) is 2.47. The van der Waals surface area contributed by atoms with Crippen LogP contribution >= 0.6 is 0 Å². The van der Waals surface area contributed by atoms with Gasteiger partial charge in [0.15, 0.2) is 5.54 Å². The molecule has 0 atom stereocenters. The fraction of sp³-hybridized carbons (Fsp3) is 0.667. The number of nitriles is 1. The second kappa shape index (κ2) is 3.36. The second-order valence-corrected chi connectivity index (χ2v) is 3.57. The van der Waals surface area contributed by atoms with Gasteiger partial charge in [0.1, 0.15) is 5.54 Å². The van der Waals surface area contributed by atoms with Gasteiger partial charge in [-0.2, -0.15) is 15.5 Å². The molecule has 3 heteroatoms. The molecule has 64 valence electrons.